The Morgan fingerprint density at radius 2 is 1.85 bits per heavy atom. The van der Waals surface area contributed by atoms with Gasteiger partial charge in [0.25, 0.3) is 11.8 Å². The standard InChI is InChI=1S/C23H22FN5O3S/c24-17-8-4-6-15(12-17)13-25-19(30)16-7-5-11-29(14-16)23(32)22-28-27-21(33-22)20(31)26-18-9-2-1-3-10-18/h1-4,6,8-10,12,16H,5,7,11,13-14H2,(H,25,30)(H,26,31)/t16-/m0/s1. The molecule has 0 saturated carbocycles. The molecule has 0 aliphatic carbocycles. The fraction of sp³-hybridized carbons (Fsp3) is 0.261. The Labute approximate surface area is 193 Å². The molecule has 1 aliphatic rings. The van der Waals surface area contributed by atoms with Crippen LogP contribution in [0.3, 0.4) is 0 Å². The van der Waals surface area contributed by atoms with Crippen molar-refractivity contribution >= 4 is 34.7 Å². The highest BCUT2D eigenvalue weighted by atomic mass is 32.1. The van der Waals surface area contributed by atoms with Gasteiger partial charge in [-0.15, -0.1) is 10.2 Å². The number of para-hydroxylation sites is 1. The number of benzene rings is 2. The van der Waals surface area contributed by atoms with Gasteiger partial charge in [-0.2, -0.15) is 0 Å². The number of aromatic nitrogens is 2. The van der Waals surface area contributed by atoms with Gasteiger partial charge in [0.2, 0.25) is 15.9 Å². The highest BCUT2D eigenvalue weighted by Crippen LogP contribution is 2.21. The summed E-state index contributed by atoms with van der Waals surface area (Å²) in [6.45, 7) is 0.966. The van der Waals surface area contributed by atoms with Crippen LogP contribution in [0, 0.1) is 11.7 Å². The maximum Gasteiger partial charge on any atom is 0.286 e. The van der Waals surface area contributed by atoms with E-state index in [-0.39, 0.29) is 46.7 Å². The second-order valence-corrected chi connectivity index (χ2v) is 8.65. The minimum atomic E-state index is -0.439. The largest absolute Gasteiger partial charge is 0.352 e. The summed E-state index contributed by atoms with van der Waals surface area (Å²) in [5.41, 5.74) is 1.29. The highest BCUT2D eigenvalue weighted by Gasteiger charge is 2.30. The second kappa shape index (κ2) is 10.3. The van der Waals surface area contributed by atoms with Gasteiger partial charge in [0.1, 0.15) is 5.82 Å². The lowest BCUT2D eigenvalue weighted by atomic mass is 9.97. The van der Waals surface area contributed by atoms with E-state index >= 15 is 0 Å². The first kappa shape index (κ1) is 22.5. The zero-order valence-electron chi connectivity index (χ0n) is 17.7. The van der Waals surface area contributed by atoms with Crippen molar-refractivity contribution in [2.24, 2.45) is 5.92 Å². The Morgan fingerprint density at radius 3 is 2.64 bits per heavy atom. The van der Waals surface area contributed by atoms with Crippen molar-refractivity contribution in [2.75, 3.05) is 18.4 Å². The van der Waals surface area contributed by atoms with Gasteiger partial charge >= 0.3 is 0 Å². The first-order valence-corrected chi connectivity index (χ1v) is 11.3. The van der Waals surface area contributed by atoms with Gasteiger partial charge in [-0.05, 0) is 42.7 Å². The molecule has 1 fully saturated rings. The van der Waals surface area contributed by atoms with Gasteiger partial charge in [0.05, 0.1) is 5.92 Å². The Morgan fingerprint density at radius 1 is 1.06 bits per heavy atom. The summed E-state index contributed by atoms with van der Waals surface area (Å²) in [4.78, 5) is 39.5. The van der Waals surface area contributed by atoms with E-state index in [0.29, 0.717) is 30.6 Å². The number of hydrogen-bond donors (Lipinski definition) is 2. The van der Waals surface area contributed by atoms with Crippen LogP contribution in [-0.4, -0.2) is 45.9 Å². The summed E-state index contributed by atoms with van der Waals surface area (Å²) < 4.78 is 13.3. The van der Waals surface area contributed by atoms with Crippen molar-refractivity contribution in [3.8, 4) is 0 Å². The number of amides is 3. The van der Waals surface area contributed by atoms with Crippen LogP contribution < -0.4 is 10.6 Å². The minimum absolute atomic E-state index is 0.0867. The van der Waals surface area contributed by atoms with Gasteiger partial charge in [-0.3, -0.25) is 14.4 Å². The molecule has 1 aliphatic heterocycles. The van der Waals surface area contributed by atoms with Crippen LogP contribution in [0.5, 0.6) is 0 Å². The van der Waals surface area contributed by atoms with Crippen molar-refractivity contribution in [1.29, 1.82) is 0 Å². The third kappa shape index (κ3) is 5.78. The lowest BCUT2D eigenvalue weighted by molar-refractivity contribution is -0.126. The number of carbonyl (C=O) groups excluding carboxylic acids is 3. The lowest BCUT2D eigenvalue weighted by Crippen LogP contribution is -2.45. The molecular formula is C23H22FN5O3S. The molecule has 2 heterocycles. The zero-order valence-corrected chi connectivity index (χ0v) is 18.5. The summed E-state index contributed by atoms with van der Waals surface area (Å²) in [6.07, 6.45) is 1.32. The molecule has 3 amide bonds. The monoisotopic (exact) mass is 467 g/mol. The van der Waals surface area contributed by atoms with Crippen LogP contribution in [0.25, 0.3) is 0 Å². The van der Waals surface area contributed by atoms with Crippen molar-refractivity contribution in [3.05, 3.63) is 76.0 Å². The fourth-order valence-electron chi connectivity index (χ4n) is 3.60. The van der Waals surface area contributed by atoms with Crippen LogP contribution in [-0.2, 0) is 11.3 Å². The number of halogens is 1. The average molecular weight is 468 g/mol. The highest BCUT2D eigenvalue weighted by molar-refractivity contribution is 7.15. The molecule has 4 rings (SSSR count). The summed E-state index contributed by atoms with van der Waals surface area (Å²) in [6, 6.07) is 15.0. The molecule has 0 radical (unpaired) electrons. The van der Waals surface area contributed by atoms with E-state index in [0.717, 1.165) is 11.3 Å². The molecule has 2 N–H and O–H groups in total. The smallest absolute Gasteiger partial charge is 0.286 e. The van der Waals surface area contributed by atoms with E-state index in [1.165, 1.54) is 12.1 Å². The molecule has 0 spiro atoms. The maximum absolute atomic E-state index is 13.3. The molecule has 10 heteroatoms. The fourth-order valence-corrected chi connectivity index (χ4v) is 4.31. The topological polar surface area (TPSA) is 104 Å². The van der Waals surface area contributed by atoms with Gasteiger partial charge in [0.15, 0.2) is 0 Å². The van der Waals surface area contributed by atoms with Crippen molar-refractivity contribution < 1.29 is 18.8 Å². The van der Waals surface area contributed by atoms with Crippen LogP contribution >= 0.6 is 11.3 Å². The van der Waals surface area contributed by atoms with Crippen LogP contribution in [0.1, 0.15) is 38.0 Å². The third-order valence-corrected chi connectivity index (χ3v) is 6.18. The van der Waals surface area contributed by atoms with Gasteiger partial charge in [-0.1, -0.05) is 41.7 Å². The van der Waals surface area contributed by atoms with E-state index in [4.69, 9.17) is 0 Å². The molecule has 170 valence electrons. The van der Waals surface area contributed by atoms with Crippen LogP contribution in [0.4, 0.5) is 10.1 Å². The number of nitrogens with zero attached hydrogens (tertiary/aromatic N) is 3. The summed E-state index contributed by atoms with van der Waals surface area (Å²) >= 11 is 0.919. The normalized spacial score (nSPS) is 15.7. The third-order valence-electron chi connectivity index (χ3n) is 5.27. The number of likely N-dealkylation sites (tertiary alicyclic amines) is 1. The molecular weight excluding hydrogens is 445 g/mol. The number of hydrogen-bond acceptors (Lipinski definition) is 6. The van der Waals surface area contributed by atoms with E-state index in [9.17, 15) is 18.8 Å². The number of nitrogens with one attached hydrogen (secondary N) is 2. The van der Waals surface area contributed by atoms with E-state index in [2.05, 4.69) is 20.8 Å². The summed E-state index contributed by atoms with van der Waals surface area (Å²) in [7, 11) is 0. The first-order chi connectivity index (χ1) is 16.0. The molecule has 1 saturated heterocycles. The predicted octanol–water partition coefficient (Wildman–Crippen LogP) is 3.10. The first-order valence-electron chi connectivity index (χ1n) is 10.5. The quantitative estimate of drug-likeness (QED) is 0.580. The van der Waals surface area contributed by atoms with Gasteiger partial charge < -0.3 is 15.5 Å². The van der Waals surface area contributed by atoms with Crippen LogP contribution in [0.2, 0.25) is 0 Å². The Balaban J connectivity index is 1.33. The molecule has 8 nitrogen and oxygen atoms in total. The molecule has 2 aromatic carbocycles. The molecule has 0 unspecified atom stereocenters. The minimum Gasteiger partial charge on any atom is -0.352 e. The number of carbonyl (C=O) groups is 3. The van der Waals surface area contributed by atoms with E-state index in [1.807, 2.05) is 6.07 Å². The SMILES string of the molecule is O=C(Nc1ccccc1)c1nnc(C(=O)N2CCC[C@H](C(=O)NCc3cccc(F)c3)C2)s1. The van der Waals surface area contributed by atoms with Crippen molar-refractivity contribution in [1.82, 2.24) is 20.4 Å². The van der Waals surface area contributed by atoms with Gasteiger partial charge in [-0.25, -0.2) is 4.39 Å². The molecule has 1 aromatic heterocycles. The van der Waals surface area contributed by atoms with E-state index in [1.54, 1.807) is 41.3 Å². The predicted molar refractivity (Wildman–Crippen MR) is 121 cm³/mol. The van der Waals surface area contributed by atoms with Gasteiger partial charge in [0, 0.05) is 25.3 Å². The Hall–Kier alpha value is -3.66. The average Bonchev–Trinajstić information content (AvgIpc) is 3.33. The van der Waals surface area contributed by atoms with Crippen molar-refractivity contribution in [3.63, 3.8) is 0 Å². The summed E-state index contributed by atoms with van der Waals surface area (Å²) in [5.74, 6) is -1.70. The summed E-state index contributed by atoms with van der Waals surface area (Å²) in [5, 5.41) is 13.5. The van der Waals surface area contributed by atoms with Crippen molar-refractivity contribution in [2.45, 2.75) is 19.4 Å². The second-order valence-electron chi connectivity index (χ2n) is 7.67. The number of piperidine rings is 1. The number of rotatable bonds is 6. The number of anilines is 1. The lowest BCUT2D eigenvalue weighted by Gasteiger charge is -2.31. The Bertz CT molecular complexity index is 1150. The zero-order chi connectivity index (χ0) is 23.2. The molecule has 33 heavy (non-hydrogen) atoms. The molecule has 1 atom stereocenters. The Kier molecular flexibility index (Phi) is 7.04. The molecule has 3 aromatic rings. The molecule has 0 bridgehead atoms. The maximum atomic E-state index is 13.3. The van der Waals surface area contributed by atoms with E-state index < -0.39 is 5.91 Å². The van der Waals surface area contributed by atoms with Crippen LogP contribution in [0.15, 0.2) is 54.6 Å².